The lowest BCUT2D eigenvalue weighted by Crippen LogP contribution is -2.33. The fourth-order valence-electron chi connectivity index (χ4n) is 2.63. The van der Waals surface area contributed by atoms with E-state index in [1.54, 1.807) is 38.1 Å². The number of hydrogen-bond donors (Lipinski definition) is 1. The molecule has 1 aromatic carbocycles. The van der Waals surface area contributed by atoms with Crippen LogP contribution < -0.4 is 0 Å². The van der Waals surface area contributed by atoms with Gasteiger partial charge in [-0.1, -0.05) is 18.2 Å². The van der Waals surface area contributed by atoms with Gasteiger partial charge in [0.2, 0.25) is 6.29 Å². The first-order valence-electron chi connectivity index (χ1n) is 6.88. The molecule has 0 saturated carbocycles. The van der Waals surface area contributed by atoms with Crippen molar-refractivity contribution in [2.45, 2.75) is 44.2 Å². The number of rotatable bonds is 3. The topological polar surface area (TPSA) is 74.2 Å². The smallest absolute Gasteiger partial charge is 0.340 e. The van der Waals surface area contributed by atoms with Gasteiger partial charge in [0, 0.05) is 0 Å². The van der Waals surface area contributed by atoms with Gasteiger partial charge in [-0.2, -0.15) is 0 Å². The summed E-state index contributed by atoms with van der Waals surface area (Å²) >= 11 is 0. The highest BCUT2D eigenvalue weighted by atomic mass is 16.8. The second-order valence-electron chi connectivity index (χ2n) is 5.56. The van der Waals surface area contributed by atoms with Crippen LogP contribution in [0.15, 0.2) is 30.3 Å². The molecule has 4 unspecified atom stereocenters. The van der Waals surface area contributed by atoms with Crippen LogP contribution in [-0.4, -0.2) is 48.1 Å². The first-order valence-corrected chi connectivity index (χ1v) is 6.88. The van der Waals surface area contributed by atoms with E-state index in [2.05, 4.69) is 0 Å². The van der Waals surface area contributed by atoms with Crippen LogP contribution in [0.3, 0.4) is 0 Å². The summed E-state index contributed by atoms with van der Waals surface area (Å²) in [4.78, 5) is 12.1. The zero-order valence-electron chi connectivity index (χ0n) is 11.9. The van der Waals surface area contributed by atoms with Gasteiger partial charge in [-0.05, 0) is 26.0 Å². The van der Waals surface area contributed by atoms with Gasteiger partial charge in [0.05, 0.1) is 12.2 Å². The summed E-state index contributed by atoms with van der Waals surface area (Å²) in [5.41, 5.74) is 0.434. The number of aliphatic hydroxyl groups is 1. The minimum Gasteiger partial charge on any atom is -0.429 e. The Labute approximate surface area is 122 Å². The van der Waals surface area contributed by atoms with Crippen molar-refractivity contribution >= 4 is 5.97 Å². The largest absolute Gasteiger partial charge is 0.429 e. The fourth-order valence-corrected chi connectivity index (χ4v) is 2.63. The fraction of sp³-hybridized carbons (Fsp3) is 0.533. The van der Waals surface area contributed by atoms with E-state index in [1.165, 1.54) is 0 Å². The first-order chi connectivity index (χ1) is 10.00. The van der Waals surface area contributed by atoms with Crippen molar-refractivity contribution in [1.29, 1.82) is 0 Å². The Morgan fingerprint density at radius 3 is 2.57 bits per heavy atom. The molecule has 2 aliphatic heterocycles. The lowest BCUT2D eigenvalue weighted by molar-refractivity contribution is -0.223. The standard InChI is InChI=1S/C15H18O6/c1-15(2)20-11-10(8-16)18-14(12(11)21-15)19-13(17)9-6-4-3-5-7-9/h3-7,10-12,14,16H,8H2,1-2H3. The van der Waals surface area contributed by atoms with Crippen LogP contribution in [0.4, 0.5) is 0 Å². The average molecular weight is 294 g/mol. The predicted molar refractivity (Wildman–Crippen MR) is 71.4 cm³/mol. The average Bonchev–Trinajstić information content (AvgIpc) is 2.94. The molecule has 2 fully saturated rings. The molecule has 4 atom stereocenters. The molecule has 2 heterocycles. The number of ether oxygens (including phenoxy) is 4. The molecule has 0 amide bonds. The number of carbonyl (C=O) groups is 1. The van der Waals surface area contributed by atoms with E-state index in [9.17, 15) is 9.90 Å². The van der Waals surface area contributed by atoms with E-state index in [-0.39, 0.29) is 6.61 Å². The zero-order chi connectivity index (χ0) is 15.0. The number of hydrogen-bond acceptors (Lipinski definition) is 6. The van der Waals surface area contributed by atoms with Gasteiger partial charge in [-0.25, -0.2) is 4.79 Å². The number of benzene rings is 1. The summed E-state index contributed by atoms with van der Waals surface area (Å²) in [6, 6.07) is 8.65. The van der Waals surface area contributed by atoms with Gasteiger partial charge in [0.1, 0.15) is 12.2 Å². The number of fused-ring (bicyclic) bond motifs is 1. The summed E-state index contributed by atoms with van der Waals surface area (Å²) < 4.78 is 22.3. The van der Waals surface area contributed by atoms with Gasteiger partial charge < -0.3 is 24.1 Å². The van der Waals surface area contributed by atoms with E-state index in [4.69, 9.17) is 18.9 Å². The molecule has 3 rings (SSSR count). The molecule has 1 N–H and O–H groups in total. The van der Waals surface area contributed by atoms with Crippen molar-refractivity contribution in [3.63, 3.8) is 0 Å². The molecule has 21 heavy (non-hydrogen) atoms. The van der Waals surface area contributed by atoms with E-state index in [0.29, 0.717) is 5.56 Å². The normalized spacial score (nSPS) is 33.7. The van der Waals surface area contributed by atoms with Gasteiger partial charge >= 0.3 is 5.97 Å². The van der Waals surface area contributed by atoms with Crippen molar-refractivity contribution in [3.05, 3.63) is 35.9 Å². The second kappa shape index (κ2) is 5.38. The number of carbonyl (C=O) groups excluding carboxylic acids is 1. The highest BCUT2D eigenvalue weighted by Crippen LogP contribution is 2.39. The Balaban J connectivity index is 1.72. The number of esters is 1. The molecule has 0 spiro atoms. The maximum Gasteiger partial charge on any atom is 0.340 e. The van der Waals surface area contributed by atoms with Gasteiger partial charge in [0.15, 0.2) is 11.9 Å². The van der Waals surface area contributed by atoms with Gasteiger partial charge in [-0.3, -0.25) is 0 Å². The number of aliphatic hydroxyl groups excluding tert-OH is 1. The van der Waals surface area contributed by atoms with Crippen molar-refractivity contribution in [3.8, 4) is 0 Å². The molecule has 6 nitrogen and oxygen atoms in total. The Morgan fingerprint density at radius 2 is 1.90 bits per heavy atom. The highest BCUT2D eigenvalue weighted by molar-refractivity contribution is 5.89. The predicted octanol–water partition coefficient (Wildman–Crippen LogP) is 1.08. The van der Waals surface area contributed by atoms with E-state index < -0.39 is 36.4 Å². The third-order valence-electron chi connectivity index (χ3n) is 3.52. The second-order valence-corrected chi connectivity index (χ2v) is 5.56. The minimum atomic E-state index is -0.887. The van der Waals surface area contributed by atoms with Crippen LogP contribution in [0, 0.1) is 0 Å². The highest BCUT2D eigenvalue weighted by Gasteiger charge is 2.56. The Kier molecular flexibility index (Phi) is 3.71. The minimum absolute atomic E-state index is 0.222. The SMILES string of the molecule is CC1(C)OC2C(CO)OC(OC(=O)c3ccccc3)C2O1. The van der Waals surface area contributed by atoms with Crippen LogP contribution in [0.2, 0.25) is 0 Å². The summed E-state index contributed by atoms with van der Waals surface area (Å²) in [5, 5.41) is 9.35. The summed E-state index contributed by atoms with van der Waals surface area (Å²) in [6.45, 7) is 3.33. The van der Waals surface area contributed by atoms with Gasteiger partial charge in [0.25, 0.3) is 0 Å². The maximum absolute atomic E-state index is 12.1. The third-order valence-corrected chi connectivity index (χ3v) is 3.52. The monoisotopic (exact) mass is 294 g/mol. The lowest BCUT2D eigenvalue weighted by atomic mass is 10.1. The first kappa shape index (κ1) is 14.5. The molecule has 6 heteroatoms. The molecule has 0 aliphatic carbocycles. The molecule has 0 radical (unpaired) electrons. The van der Waals surface area contributed by atoms with E-state index >= 15 is 0 Å². The van der Waals surface area contributed by atoms with Crippen LogP contribution >= 0.6 is 0 Å². The lowest BCUT2D eigenvalue weighted by Gasteiger charge is -2.23. The van der Waals surface area contributed by atoms with Crippen LogP contribution in [0.5, 0.6) is 0 Å². The molecule has 114 valence electrons. The molecular weight excluding hydrogens is 276 g/mol. The molecule has 1 aromatic rings. The quantitative estimate of drug-likeness (QED) is 0.841. The Bertz CT molecular complexity index is 514. The maximum atomic E-state index is 12.1. The third kappa shape index (κ3) is 2.80. The molecule has 0 aromatic heterocycles. The molecule has 2 saturated heterocycles. The summed E-state index contributed by atoms with van der Waals surface area (Å²) in [5.74, 6) is -1.28. The van der Waals surface area contributed by atoms with Crippen LogP contribution in [0.25, 0.3) is 0 Å². The van der Waals surface area contributed by atoms with Crippen molar-refractivity contribution in [2.24, 2.45) is 0 Å². The van der Waals surface area contributed by atoms with Crippen LogP contribution in [-0.2, 0) is 18.9 Å². The Morgan fingerprint density at radius 1 is 1.24 bits per heavy atom. The molecule has 0 bridgehead atoms. The summed E-state index contributed by atoms with van der Waals surface area (Å²) in [7, 11) is 0. The molecular formula is C15H18O6. The summed E-state index contributed by atoms with van der Waals surface area (Å²) in [6.07, 6.45) is -2.43. The van der Waals surface area contributed by atoms with E-state index in [0.717, 1.165) is 0 Å². The van der Waals surface area contributed by atoms with Crippen molar-refractivity contribution < 1.29 is 28.8 Å². The van der Waals surface area contributed by atoms with Crippen LogP contribution in [0.1, 0.15) is 24.2 Å². The van der Waals surface area contributed by atoms with Crippen molar-refractivity contribution in [2.75, 3.05) is 6.61 Å². The van der Waals surface area contributed by atoms with E-state index in [1.807, 2.05) is 6.07 Å². The zero-order valence-corrected chi connectivity index (χ0v) is 11.9. The van der Waals surface area contributed by atoms with Crippen molar-refractivity contribution in [1.82, 2.24) is 0 Å². The molecule has 2 aliphatic rings. The van der Waals surface area contributed by atoms with Gasteiger partial charge in [-0.15, -0.1) is 0 Å². The Hall–Kier alpha value is -1.47.